The van der Waals surface area contributed by atoms with Gasteiger partial charge in [0.2, 0.25) is 0 Å². The molecule has 4 atom stereocenters. The van der Waals surface area contributed by atoms with Crippen molar-refractivity contribution in [1.82, 2.24) is 10.1 Å². The molecular weight excluding hydrogens is 396 g/mol. The molecule has 4 unspecified atom stereocenters. The lowest BCUT2D eigenvalue weighted by atomic mass is 9.75. The zero-order chi connectivity index (χ0) is 23.7. The van der Waals surface area contributed by atoms with E-state index in [1.807, 2.05) is 0 Å². The third kappa shape index (κ3) is 5.41. The van der Waals surface area contributed by atoms with Crippen LogP contribution in [0.5, 0.6) is 0 Å². The maximum Gasteiger partial charge on any atom is 0.0382 e. The Labute approximate surface area is 196 Å². The molecule has 4 heteroatoms. The van der Waals surface area contributed by atoms with Crippen molar-refractivity contribution in [2.45, 2.75) is 117 Å². The van der Waals surface area contributed by atoms with Crippen molar-refractivity contribution in [3.63, 3.8) is 0 Å². The lowest BCUT2D eigenvalue weighted by Crippen LogP contribution is -2.51. The van der Waals surface area contributed by atoms with Crippen LogP contribution in [0.1, 0.15) is 104 Å². The topological polar surface area (TPSA) is 46.9 Å². The summed E-state index contributed by atoms with van der Waals surface area (Å²) < 4.78 is 0. The molecule has 0 aromatic heterocycles. The minimum absolute atomic E-state index is 0.216. The van der Waals surface area contributed by atoms with Crippen LogP contribution in [0.3, 0.4) is 0 Å². The van der Waals surface area contributed by atoms with Gasteiger partial charge in [-0.15, -0.1) is 0 Å². The Bertz CT molecular complexity index is 618. The van der Waals surface area contributed by atoms with Gasteiger partial charge in [-0.1, -0.05) is 79.7 Å². The van der Waals surface area contributed by atoms with Gasteiger partial charge in [-0.3, -0.25) is 0 Å². The van der Waals surface area contributed by atoms with Crippen LogP contribution in [0, 0.1) is 23.7 Å². The number of hydrogen-bond donors (Lipinski definition) is 2. The van der Waals surface area contributed by atoms with E-state index < -0.39 is 0 Å². The molecule has 2 saturated heterocycles. The summed E-state index contributed by atoms with van der Waals surface area (Å²) in [5, 5.41) is 25.0. The summed E-state index contributed by atoms with van der Waals surface area (Å²) in [7, 11) is 0. The van der Waals surface area contributed by atoms with E-state index >= 15 is 0 Å². The zero-order valence-corrected chi connectivity index (χ0v) is 21.7. The third-order valence-electron chi connectivity index (χ3n) is 8.42. The van der Waals surface area contributed by atoms with E-state index in [0.717, 1.165) is 25.7 Å². The van der Waals surface area contributed by atoms with Crippen LogP contribution in [0.15, 0.2) is 24.3 Å². The molecular formula is C28H48N2O2. The van der Waals surface area contributed by atoms with Gasteiger partial charge in [0, 0.05) is 24.2 Å². The normalized spacial score (nSPS) is 33.1. The lowest BCUT2D eigenvalue weighted by molar-refractivity contribution is -0.201. The number of hydrogen-bond acceptors (Lipinski definition) is 4. The molecule has 182 valence electrons. The second-order valence-electron chi connectivity index (χ2n) is 12.0. The van der Waals surface area contributed by atoms with Gasteiger partial charge in [0.25, 0.3) is 0 Å². The molecule has 0 aliphatic carbocycles. The van der Waals surface area contributed by atoms with Gasteiger partial charge < -0.3 is 10.4 Å². The van der Waals surface area contributed by atoms with Gasteiger partial charge >= 0.3 is 0 Å². The molecule has 2 aliphatic rings. The first-order chi connectivity index (χ1) is 15.0. The van der Waals surface area contributed by atoms with Gasteiger partial charge in [0.1, 0.15) is 0 Å². The van der Waals surface area contributed by atoms with Crippen molar-refractivity contribution < 1.29 is 10.4 Å². The second kappa shape index (κ2) is 10.5. The molecule has 2 heterocycles. The van der Waals surface area contributed by atoms with Gasteiger partial charge in [0.05, 0.1) is 0 Å². The van der Waals surface area contributed by atoms with Gasteiger partial charge in [-0.25, -0.2) is 0 Å². The molecule has 32 heavy (non-hydrogen) atoms. The Morgan fingerprint density at radius 2 is 0.750 bits per heavy atom. The summed E-state index contributed by atoms with van der Waals surface area (Å²) in [6.07, 6.45) is 4.07. The average Bonchev–Trinajstić information content (AvgIpc) is 2.73. The van der Waals surface area contributed by atoms with Gasteiger partial charge in [-0.05, 0) is 72.3 Å². The summed E-state index contributed by atoms with van der Waals surface area (Å²) in [5.74, 6) is 2.75. The fraction of sp³-hybridized carbons (Fsp3) is 0.786. The van der Waals surface area contributed by atoms with Crippen LogP contribution in [0.4, 0.5) is 0 Å². The first kappa shape index (κ1) is 25.7. The van der Waals surface area contributed by atoms with E-state index in [0.29, 0.717) is 35.5 Å². The fourth-order valence-corrected chi connectivity index (χ4v) is 6.18. The highest BCUT2D eigenvalue weighted by Gasteiger charge is 2.40. The SMILES string of the molecule is CC(C)C1CC(c2ccc(C3CC(C(C)C)N(O)C(C(C)C)C3)cc2)CC(C(C)C)N1O. The van der Waals surface area contributed by atoms with Gasteiger partial charge in [0.15, 0.2) is 0 Å². The molecule has 0 radical (unpaired) electrons. The zero-order valence-electron chi connectivity index (χ0n) is 21.7. The number of benzene rings is 1. The largest absolute Gasteiger partial charge is 0.313 e. The number of nitrogens with zero attached hydrogens (tertiary/aromatic N) is 2. The maximum atomic E-state index is 10.8. The van der Waals surface area contributed by atoms with Gasteiger partial charge in [-0.2, -0.15) is 10.1 Å². The molecule has 2 fully saturated rings. The van der Waals surface area contributed by atoms with E-state index in [2.05, 4.69) is 79.7 Å². The summed E-state index contributed by atoms with van der Waals surface area (Å²) in [4.78, 5) is 0. The Morgan fingerprint density at radius 1 is 0.531 bits per heavy atom. The highest BCUT2D eigenvalue weighted by atomic mass is 16.5. The molecule has 0 spiro atoms. The van der Waals surface area contributed by atoms with Crippen molar-refractivity contribution in [2.24, 2.45) is 23.7 Å². The summed E-state index contributed by atoms with van der Waals surface area (Å²) >= 11 is 0. The van der Waals surface area contributed by atoms with E-state index in [1.54, 1.807) is 10.1 Å². The van der Waals surface area contributed by atoms with E-state index in [-0.39, 0.29) is 24.2 Å². The summed E-state index contributed by atoms with van der Waals surface area (Å²) in [5.41, 5.74) is 2.83. The Hall–Kier alpha value is -0.940. The fourth-order valence-electron chi connectivity index (χ4n) is 6.18. The first-order valence-corrected chi connectivity index (χ1v) is 13.0. The second-order valence-corrected chi connectivity index (χ2v) is 12.0. The maximum absolute atomic E-state index is 10.8. The monoisotopic (exact) mass is 444 g/mol. The molecule has 4 nitrogen and oxygen atoms in total. The summed E-state index contributed by atoms with van der Waals surface area (Å²) in [6, 6.07) is 10.3. The molecule has 1 aromatic carbocycles. The quantitative estimate of drug-likeness (QED) is 0.500. The average molecular weight is 445 g/mol. The van der Waals surface area contributed by atoms with E-state index in [1.165, 1.54) is 11.1 Å². The third-order valence-corrected chi connectivity index (χ3v) is 8.42. The number of hydroxylamine groups is 4. The summed E-state index contributed by atoms with van der Waals surface area (Å²) in [6.45, 7) is 17.8. The van der Waals surface area contributed by atoms with Crippen LogP contribution in [0.2, 0.25) is 0 Å². The van der Waals surface area contributed by atoms with Crippen molar-refractivity contribution in [3.8, 4) is 0 Å². The Balaban J connectivity index is 1.79. The van der Waals surface area contributed by atoms with E-state index in [4.69, 9.17) is 0 Å². The highest BCUT2D eigenvalue weighted by molar-refractivity contribution is 5.29. The minimum atomic E-state index is 0.216. The first-order valence-electron chi connectivity index (χ1n) is 13.0. The number of rotatable bonds is 6. The Kier molecular flexibility index (Phi) is 8.46. The van der Waals surface area contributed by atoms with Crippen LogP contribution in [-0.4, -0.2) is 44.7 Å². The van der Waals surface area contributed by atoms with Crippen LogP contribution >= 0.6 is 0 Å². The molecule has 0 saturated carbocycles. The standard InChI is InChI=1S/C28H48N2O2/c1-17(2)25-13-23(14-26(18(3)4)29(25)31)21-9-11-22(12-10-21)24-15-27(19(5)6)30(32)28(16-24)20(7)8/h9-12,17-20,23-28,31-32H,13-16H2,1-8H3. The van der Waals surface area contributed by atoms with E-state index in [9.17, 15) is 10.4 Å². The van der Waals surface area contributed by atoms with Crippen molar-refractivity contribution in [1.29, 1.82) is 0 Å². The molecule has 2 aliphatic heterocycles. The van der Waals surface area contributed by atoms with Crippen LogP contribution < -0.4 is 0 Å². The van der Waals surface area contributed by atoms with Crippen LogP contribution in [-0.2, 0) is 0 Å². The molecule has 1 aromatic rings. The molecule has 2 N–H and O–H groups in total. The Morgan fingerprint density at radius 3 is 0.938 bits per heavy atom. The molecule has 0 bridgehead atoms. The van der Waals surface area contributed by atoms with Crippen LogP contribution in [0.25, 0.3) is 0 Å². The smallest absolute Gasteiger partial charge is 0.0382 e. The predicted molar refractivity (Wildman–Crippen MR) is 132 cm³/mol. The minimum Gasteiger partial charge on any atom is -0.313 e. The predicted octanol–water partition coefficient (Wildman–Crippen LogP) is 6.92. The molecule has 0 amide bonds. The van der Waals surface area contributed by atoms with Crippen molar-refractivity contribution >= 4 is 0 Å². The lowest BCUT2D eigenvalue weighted by Gasteiger charge is -2.45. The van der Waals surface area contributed by atoms with Crippen molar-refractivity contribution in [3.05, 3.63) is 35.4 Å². The molecule has 3 rings (SSSR count). The van der Waals surface area contributed by atoms with Crippen molar-refractivity contribution in [2.75, 3.05) is 0 Å². The highest BCUT2D eigenvalue weighted by Crippen LogP contribution is 2.42. The number of piperidine rings is 2.